The highest BCUT2D eigenvalue weighted by molar-refractivity contribution is 7.80. The molecule has 2 heterocycles. The van der Waals surface area contributed by atoms with Crippen LogP contribution >= 0.6 is 12.2 Å². The van der Waals surface area contributed by atoms with Gasteiger partial charge in [-0.3, -0.25) is 0 Å². The number of benzene rings is 1. The molecule has 1 aliphatic rings. The topological polar surface area (TPSA) is 31.1 Å². The monoisotopic (exact) mass is 339 g/mol. The number of fused-ring (bicyclic) bond motifs is 3. The molecule has 2 aromatic rings. The Labute approximate surface area is 137 Å². The second-order valence-electron chi connectivity index (χ2n) is 5.43. The molecule has 1 atom stereocenters. The Bertz CT molecular complexity index is 751. The summed E-state index contributed by atoms with van der Waals surface area (Å²) in [7, 11) is 0. The number of alkyl halides is 3. The Kier molecular flexibility index (Phi) is 4.06. The average Bonchev–Trinajstić information content (AvgIpc) is 2.88. The minimum atomic E-state index is -4.42. The summed E-state index contributed by atoms with van der Waals surface area (Å²) in [5, 5.41) is 3.74. The van der Waals surface area contributed by atoms with Gasteiger partial charge < -0.3 is 15.2 Å². The predicted molar refractivity (Wildman–Crippen MR) is 88.3 cm³/mol. The zero-order valence-corrected chi connectivity index (χ0v) is 13.1. The number of thiocarbonyl (C=S) groups is 1. The number of hydrogen-bond acceptors (Lipinski definition) is 1. The van der Waals surface area contributed by atoms with Crippen molar-refractivity contribution in [2.45, 2.75) is 18.6 Å². The Morgan fingerprint density at radius 1 is 1.43 bits per heavy atom. The fraction of sp³-hybridized carbons (Fsp3) is 0.312. The van der Waals surface area contributed by atoms with Crippen molar-refractivity contribution in [3.05, 3.63) is 48.2 Å². The number of aromatic amines is 1. The number of hydrogen-bond donors (Lipinski definition) is 2. The van der Waals surface area contributed by atoms with E-state index in [9.17, 15) is 13.2 Å². The average molecular weight is 339 g/mol. The first-order valence-corrected chi connectivity index (χ1v) is 7.66. The molecule has 0 unspecified atom stereocenters. The molecule has 0 amide bonds. The van der Waals surface area contributed by atoms with Crippen LogP contribution in [0.2, 0.25) is 0 Å². The van der Waals surface area contributed by atoms with E-state index in [0.717, 1.165) is 16.5 Å². The summed E-state index contributed by atoms with van der Waals surface area (Å²) < 4.78 is 41.1. The van der Waals surface area contributed by atoms with Gasteiger partial charge in [0.15, 0.2) is 11.2 Å². The van der Waals surface area contributed by atoms with Crippen LogP contribution in [0, 0.1) is 0 Å². The molecule has 1 aromatic carbocycles. The molecule has 0 spiro atoms. The number of rotatable bonds is 2. The van der Waals surface area contributed by atoms with Crippen LogP contribution in [0.4, 0.5) is 13.2 Å². The molecule has 0 radical (unpaired) electrons. The molecule has 0 saturated heterocycles. The maximum Gasteiger partial charge on any atom is 0.414 e. The van der Waals surface area contributed by atoms with Gasteiger partial charge >= 0.3 is 6.18 Å². The predicted octanol–water partition coefficient (Wildman–Crippen LogP) is 3.69. The Morgan fingerprint density at radius 2 is 2.17 bits per heavy atom. The van der Waals surface area contributed by atoms with Gasteiger partial charge in [-0.05, 0) is 30.3 Å². The van der Waals surface area contributed by atoms with Crippen LogP contribution in [0.1, 0.15) is 17.3 Å². The van der Waals surface area contributed by atoms with Crippen molar-refractivity contribution in [3.63, 3.8) is 0 Å². The third kappa shape index (κ3) is 2.81. The SMILES string of the molecule is C=CCNC(=S)N1CCc2c([nH]c3ccccc23)[C@H]1C(F)(F)F. The van der Waals surface area contributed by atoms with E-state index in [2.05, 4.69) is 16.9 Å². The number of nitrogens with one attached hydrogen (secondary N) is 2. The summed E-state index contributed by atoms with van der Waals surface area (Å²) in [6, 6.07) is 5.52. The summed E-state index contributed by atoms with van der Waals surface area (Å²) >= 11 is 5.15. The largest absolute Gasteiger partial charge is 0.414 e. The molecule has 2 N–H and O–H groups in total. The van der Waals surface area contributed by atoms with E-state index < -0.39 is 12.2 Å². The molecule has 23 heavy (non-hydrogen) atoms. The van der Waals surface area contributed by atoms with Crippen LogP contribution in [-0.2, 0) is 6.42 Å². The fourth-order valence-corrected chi connectivity index (χ4v) is 3.34. The Morgan fingerprint density at radius 3 is 2.87 bits per heavy atom. The Hall–Kier alpha value is -2.02. The number of halogens is 3. The van der Waals surface area contributed by atoms with Gasteiger partial charge in [0.1, 0.15) is 0 Å². The van der Waals surface area contributed by atoms with E-state index in [1.54, 1.807) is 18.2 Å². The fourth-order valence-electron chi connectivity index (χ4n) is 3.06. The first kappa shape index (κ1) is 15.9. The normalized spacial score (nSPS) is 17.9. The van der Waals surface area contributed by atoms with Gasteiger partial charge in [-0.2, -0.15) is 13.2 Å². The van der Waals surface area contributed by atoms with E-state index in [1.165, 1.54) is 4.90 Å². The van der Waals surface area contributed by atoms with Gasteiger partial charge in [0, 0.05) is 24.0 Å². The van der Waals surface area contributed by atoms with E-state index in [0.29, 0.717) is 13.0 Å². The van der Waals surface area contributed by atoms with E-state index >= 15 is 0 Å². The standard InChI is InChI=1S/C16H16F3N3S/c1-2-8-20-15(23)22-9-7-11-10-5-3-4-6-12(10)21-13(11)14(22)16(17,18)19/h2-6,14,21H,1,7-9H2,(H,20,23)/t14-/m0/s1. The van der Waals surface area contributed by atoms with Crippen molar-refractivity contribution >= 4 is 28.2 Å². The zero-order valence-electron chi connectivity index (χ0n) is 12.3. The molecule has 3 rings (SSSR count). The molecule has 0 fully saturated rings. The van der Waals surface area contributed by atoms with Gasteiger partial charge in [-0.1, -0.05) is 24.3 Å². The van der Waals surface area contributed by atoms with Crippen LogP contribution in [0.3, 0.4) is 0 Å². The van der Waals surface area contributed by atoms with E-state index in [4.69, 9.17) is 12.2 Å². The van der Waals surface area contributed by atoms with Crippen LogP contribution in [0.15, 0.2) is 36.9 Å². The van der Waals surface area contributed by atoms with Crippen LogP contribution in [0.25, 0.3) is 10.9 Å². The van der Waals surface area contributed by atoms with E-state index in [1.807, 2.05) is 12.1 Å². The third-order valence-corrected chi connectivity index (χ3v) is 4.38. The van der Waals surface area contributed by atoms with Crippen molar-refractivity contribution in [3.8, 4) is 0 Å². The molecule has 122 valence electrons. The quantitative estimate of drug-likeness (QED) is 0.646. The lowest BCUT2D eigenvalue weighted by molar-refractivity contribution is -0.178. The summed E-state index contributed by atoms with van der Waals surface area (Å²) in [6.07, 6.45) is -2.34. The molecule has 1 aromatic heterocycles. The highest BCUT2D eigenvalue weighted by Crippen LogP contribution is 2.43. The van der Waals surface area contributed by atoms with Crippen molar-refractivity contribution in [2.24, 2.45) is 0 Å². The maximum atomic E-state index is 13.7. The Balaban J connectivity index is 2.06. The molecule has 0 aliphatic carbocycles. The minimum Gasteiger partial charge on any atom is -0.359 e. The smallest absolute Gasteiger partial charge is 0.359 e. The van der Waals surface area contributed by atoms with Crippen molar-refractivity contribution in [1.29, 1.82) is 0 Å². The van der Waals surface area contributed by atoms with Gasteiger partial charge in [0.25, 0.3) is 0 Å². The first-order valence-electron chi connectivity index (χ1n) is 7.25. The summed E-state index contributed by atoms with van der Waals surface area (Å²) in [5.74, 6) is 0. The highest BCUT2D eigenvalue weighted by Gasteiger charge is 2.49. The third-order valence-electron chi connectivity index (χ3n) is 4.00. The summed E-state index contributed by atoms with van der Waals surface area (Å²) in [5.41, 5.74) is 1.64. The summed E-state index contributed by atoms with van der Waals surface area (Å²) in [4.78, 5) is 4.15. The lowest BCUT2D eigenvalue weighted by Crippen LogP contribution is -2.50. The van der Waals surface area contributed by atoms with Gasteiger partial charge in [-0.15, -0.1) is 6.58 Å². The van der Waals surface area contributed by atoms with Gasteiger partial charge in [-0.25, -0.2) is 0 Å². The van der Waals surface area contributed by atoms with Crippen LogP contribution in [-0.4, -0.2) is 34.3 Å². The van der Waals surface area contributed by atoms with Crippen LogP contribution in [0.5, 0.6) is 0 Å². The zero-order chi connectivity index (χ0) is 16.6. The molecule has 1 aliphatic heterocycles. The molecule has 0 saturated carbocycles. The molecular weight excluding hydrogens is 323 g/mol. The maximum absolute atomic E-state index is 13.7. The van der Waals surface area contributed by atoms with Crippen molar-refractivity contribution in [2.75, 3.05) is 13.1 Å². The molecule has 0 bridgehead atoms. The van der Waals surface area contributed by atoms with Gasteiger partial charge in [0.2, 0.25) is 0 Å². The van der Waals surface area contributed by atoms with Crippen LogP contribution < -0.4 is 5.32 Å². The number of aromatic nitrogens is 1. The lowest BCUT2D eigenvalue weighted by Gasteiger charge is -2.38. The minimum absolute atomic E-state index is 0.0940. The van der Waals surface area contributed by atoms with Gasteiger partial charge in [0.05, 0.1) is 5.69 Å². The lowest BCUT2D eigenvalue weighted by atomic mass is 9.97. The summed E-state index contributed by atoms with van der Waals surface area (Å²) in [6.45, 7) is 4.10. The molecule has 7 heteroatoms. The number of nitrogens with zero attached hydrogens (tertiary/aromatic N) is 1. The number of H-pyrrole nitrogens is 1. The van der Waals surface area contributed by atoms with Crippen molar-refractivity contribution < 1.29 is 13.2 Å². The first-order chi connectivity index (χ1) is 10.9. The second kappa shape index (κ2) is 5.88. The number of para-hydroxylation sites is 1. The van der Waals surface area contributed by atoms with Crippen molar-refractivity contribution in [1.82, 2.24) is 15.2 Å². The molecule has 3 nitrogen and oxygen atoms in total. The highest BCUT2D eigenvalue weighted by atomic mass is 32.1. The van der Waals surface area contributed by atoms with E-state index in [-0.39, 0.29) is 17.4 Å². The molecular formula is C16H16F3N3S. The second-order valence-corrected chi connectivity index (χ2v) is 5.81.